The Bertz CT molecular complexity index is 403. The maximum atomic E-state index is 11.5. The average molecular weight is 256 g/mol. The molecule has 1 amide bonds. The number of thiazole rings is 1. The molecule has 0 fully saturated rings. The molecule has 1 unspecified atom stereocenters. The van der Waals surface area contributed by atoms with Crippen molar-refractivity contribution in [3.8, 4) is 0 Å². The molecule has 0 spiro atoms. The first-order valence-corrected chi connectivity index (χ1v) is 6.25. The fraction of sp³-hybridized carbons (Fsp3) is 0.545. The number of hydrogen-bond acceptors (Lipinski definition) is 4. The number of amides is 1. The first-order valence-electron chi connectivity index (χ1n) is 5.37. The molecule has 0 aromatic carbocycles. The maximum Gasteiger partial charge on any atom is 0.303 e. The van der Waals surface area contributed by atoms with Gasteiger partial charge in [-0.3, -0.25) is 9.59 Å². The topological polar surface area (TPSA) is 79.3 Å². The van der Waals surface area contributed by atoms with Gasteiger partial charge in [0, 0.05) is 18.2 Å². The van der Waals surface area contributed by atoms with Gasteiger partial charge in [-0.05, 0) is 12.8 Å². The second-order valence-electron chi connectivity index (χ2n) is 4.04. The quantitative estimate of drug-likeness (QED) is 0.809. The molecule has 0 aliphatic rings. The minimum absolute atomic E-state index is 0.0171. The zero-order valence-corrected chi connectivity index (χ0v) is 10.7. The summed E-state index contributed by atoms with van der Waals surface area (Å²) in [5, 5.41) is 14.2. The smallest absolute Gasteiger partial charge is 0.303 e. The van der Waals surface area contributed by atoms with Gasteiger partial charge < -0.3 is 10.4 Å². The Morgan fingerprint density at radius 1 is 1.53 bits per heavy atom. The fourth-order valence-corrected chi connectivity index (χ4v) is 2.05. The lowest BCUT2D eigenvalue weighted by Gasteiger charge is -2.08. The van der Waals surface area contributed by atoms with E-state index >= 15 is 0 Å². The van der Waals surface area contributed by atoms with Crippen LogP contribution in [0.25, 0.3) is 0 Å². The monoisotopic (exact) mass is 256 g/mol. The Morgan fingerprint density at radius 3 is 2.76 bits per heavy atom. The predicted molar refractivity (Wildman–Crippen MR) is 64.7 cm³/mol. The average Bonchev–Trinajstić information content (AvgIpc) is 2.59. The van der Waals surface area contributed by atoms with Gasteiger partial charge in [0.15, 0.2) is 0 Å². The van der Waals surface area contributed by atoms with Gasteiger partial charge in [-0.15, -0.1) is 11.3 Å². The SMILES string of the molecule is Cc1nc(CNC(=O)CC(C)CC(=O)O)cs1. The van der Waals surface area contributed by atoms with Crippen LogP contribution in [0.4, 0.5) is 0 Å². The molecule has 1 rings (SSSR count). The summed E-state index contributed by atoms with van der Waals surface area (Å²) in [6, 6.07) is 0. The maximum absolute atomic E-state index is 11.5. The molecule has 1 atom stereocenters. The van der Waals surface area contributed by atoms with Crippen LogP contribution in [0.3, 0.4) is 0 Å². The third-order valence-electron chi connectivity index (χ3n) is 2.19. The predicted octanol–water partition coefficient (Wildman–Crippen LogP) is 1.57. The number of nitrogens with zero attached hydrogens (tertiary/aromatic N) is 1. The second-order valence-corrected chi connectivity index (χ2v) is 5.10. The highest BCUT2D eigenvalue weighted by Crippen LogP contribution is 2.09. The normalized spacial score (nSPS) is 12.1. The van der Waals surface area contributed by atoms with Crippen molar-refractivity contribution in [1.29, 1.82) is 0 Å². The van der Waals surface area contributed by atoms with E-state index in [-0.39, 0.29) is 24.7 Å². The van der Waals surface area contributed by atoms with Crippen molar-refractivity contribution < 1.29 is 14.7 Å². The molecule has 1 heterocycles. The molecule has 17 heavy (non-hydrogen) atoms. The third kappa shape index (κ3) is 5.44. The van der Waals surface area contributed by atoms with Gasteiger partial charge in [0.2, 0.25) is 5.91 Å². The van der Waals surface area contributed by atoms with E-state index in [1.54, 1.807) is 6.92 Å². The Hall–Kier alpha value is -1.43. The van der Waals surface area contributed by atoms with Gasteiger partial charge >= 0.3 is 5.97 Å². The minimum atomic E-state index is -0.875. The summed E-state index contributed by atoms with van der Waals surface area (Å²) in [7, 11) is 0. The molecule has 94 valence electrons. The van der Waals surface area contributed by atoms with Crippen molar-refractivity contribution in [2.24, 2.45) is 5.92 Å². The fourth-order valence-electron chi connectivity index (χ4n) is 1.44. The standard InChI is InChI=1S/C11H16N2O3S/c1-7(4-11(15)16)3-10(14)12-5-9-6-17-8(2)13-9/h6-7H,3-5H2,1-2H3,(H,12,14)(H,15,16). The van der Waals surface area contributed by atoms with Crippen LogP contribution in [-0.4, -0.2) is 22.0 Å². The third-order valence-corrected chi connectivity index (χ3v) is 3.01. The first kappa shape index (κ1) is 13.6. The van der Waals surface area contributed by atoms with Gasteiger partial charge in [0.1, 0.15) is 0 Å². The van der Waals surface area contributed by atoms with Crippen LogP contribution in [0.15, 0.2) is 5.38 Å². The molecule has 6 heteroatoms. The summed E-state index contributed by atoms with van der Waals surface area (Å²) < 4.78 is 0. The van der Waals surface area contributed by atoms with Gasteiger partial charge in [-0.25, -0.2) is 4.98 Å². The van der Waals surface area contributed by atoms with Crippen molar-refractivity contribution in [1.82, 2.24) is 10.3 Å². The van der Waals surface area contributed by atoms with Crippen molar-refractivity contribution in [2.45, 2.75) is 33.2 Å². The number of nitrogens with one attached hydrogen (secondary N) is 1. The van der Waals surface area contributed by atoms with Crippen LogP contribution in [0.5, 0.6) is 0 Å². The van der Waals surface area contributed by atoms with Crippen LogP contribution >= 0.6 is 11.3 Å². The number of carboxylic acid groups (broad SMARTS) is 1. The zero-order chi connectivity index (χ0) is 12.8. The van der Waals surface area contributed by atoms with Crippen LogP contribution in [0.2, 0.25) is 0 Å². The molecule has 0 radical (unpaired) electrons. The summed E-state index contributed by atoms with van der Waals surface area (Å²) in [6.45, 7) is 4.06. The molecule has 2 N–H and O–H groups in total. The lowest BCUT2D eigenvalue weighted by molar-refractivity contribution is -0.138. The highest BCUT2D eigenvalue weighted by Gasteiger charge is 2.12. The van der Waals surface area contributed by atoms with Gasteiger partial charge in [0.25, 0.3) is 0 Å². The van der Waals surface area contributed by atoms with E-state index in [9.17, 15) is 9.59 Å². The largest absolute Gasteiger partial charge is 0.481 e. The van der Waals surface area contributed by atoms with Crippen molar-refractivity contribution in [3.63, 3.8) is 0 Å². The van der Waals surface area contributed by atoms with Gasteiger partial charge in [-0.1, -0.05) is 6.92 Å². The number of rotatable bonds is 6. The summed E-state index contributed by atoms with van der Waals surface area (Å²) in [4.78, 5) is 26.1. The van der Waals surface area contributed by atoms with Crippen molar-refractivity contribution in [2.75, 3.05) is 0 Å². The number of carboxylic acids is 1. The van der Waals surface area contributed by atoms with E-state index in [0.29, 0.717) is 6.54 Å². The Labute approximate surface area is 104 Å². The van der Waals surface area contributed by atoms with Crippen molar-refractivity contribution >= 4 is 23.2 Å². The van der Waals surface area contributed by atoms with E-state index in [0.717, 1.165) is 10.7 Å². The number of aliphatic carboxylic acids is 1. The Morgan fingerprint density at radius 2 is 2.24 bits per heavy atom. The van der Waals surface area contributed by atoms with Crippen LogP contribution in [-0.2, 0) is 16.1 Å². The van der Waals surface area contributed by atoms with Crippen molar-refractivity contribution in [3.05, 3.63) is 16.1 Å². The Kier molecular flexibility index (Phi) is 5.09. The van der Waals surface area contributed by atoms with Crippen LogP contribution < -0.4 is 5.32 Å². The van der Waals surface area contributed by atoms with E-state index < -0.39 is 5.97 Å². The minimum Gasteiger partial charge on any atom is -0.481 e. The van der Waals surface area contributed by atoms with Gasteiger partial charge in [-0.2, -0.15) is 0 Å². The van der Waals surface area contributed by atoms with Crippen LogP contribution in [0.1, 0.15) is 30.5 Å². The molecule has 1 aromatic heterocycles. The molecule has 0 saturated heterocycles. The van der Waals surface area contributed by atoms with E-state index in [2.05, 4.69) is 10.3 Å². The highest BCUT2D eigenvalue weighted by atomic mass is 32.1. The molecular formula is C11H16N2O3S. The highest BCUT2D eigenvalue weighted by molar-refractivity contribution is 7.09. The summed E-state index contributed by atoms with van der Waals surface area (Å²) in [5.74, 6) is -1.16. The van der Waals surface area contributed by atoms with E-state index in [1.165, 1.54) is 11.3 Å². The zero-order valence-electron chi connectivity index (χ0n) is 9.90. The lowest BCUT2D eigenvalue weighted by atomic mass is 10.0. The van der Waals surface area contributed by atoms with E-state index in [4.69, 9.17) is 5.11 Å². The Balaban J connectivity index is 2.28. The van der Waals surface area contributed by atoms with Gasteiger partial charge in [0.05, 0.1) is 17.2 Å². The number of carbonyl (C=O) groups is 2. The summed E-state index contributed by atoms with van der Waals surface area (Å²) in [6.07, 6.45) is 0.249. The molecule has 5 nitrogen and oxygen atoms in total. The first-order chi connectivity index (χ1) is 7.97. The molecule has 0 bridgehead atoms. The molecule has 0 aliphatic heterocycles. The number of hydrogen-bond donors (Lipinski definition) is 2. The molecule has 0 saturated carbocycles. The lowest BCUT2D eigenvalue weighted by Crippen LogP contribution is -2.25. The number of aromatic nitrogens is 1. The molecule has 0 aliphatic carbocycles. The van der Waals surface area contributed by atoms with E-state index in [1.807, 2.05) is 12.3 Å². The number of aryl methyl sites for hydroxylation is 1. The van der Waals surface area contributed by atoms with Crippen LogP contribution in [0, 0.1) is 12.8 Å². The summed E-state index contributed by atoms with van der Waals surface area (Å²) >= 11 is 1.54. The molecule has 1 aromatic rings. The second kappa shape index (κ2) is 6.34. The molecular weight excluding hydrogens is 240 g/mol. The number of carbonyl (C=O) groups excluding carboxylic acids is 1. The summed E-state index contributed by atoms with van der Waals surface area (Å²) in [5.41, 5.74) is 0.840.